The van der Waals surface area contributed by atoms with Crippen molar-refractivity contribution in [3.8, 4) is 0 Å². The standard InChI is InChI=1S/C23H30F4N2O5S/c1-6-29(20(30)34-21(2,3)4)19-28-15-14(24)16(32-12-13-10-8-7-9-11-13)17(33-18(15)35-19)22(5,31)23(25,26)27/h7-11,14-18,31H,6,12H2,1-5H3/t14-,15-,16+,17+,18-,22+/m1/s1. The number of nitrogens with zero attached hydrogens (tertiary/aromatic N) is 2. The van der Waals surface area contributed by atoms with Crippen molar-refractivity contribution in [1.29, 1.82) is 0 Å². The van der Waals surface area contributed by atoms with Gasteiger partial charge in [-0.25, -0.2) is 9.18 Å². The lowest BCUT2D eigenvalue weighted by Gasteiger charge is -2.45. The summed E-state index contributed by atoms with van der Waals surface area (Å²) in [5.74, 6) is 0. The molecular weight excluding hydrogens is 492 g/mol. The van der Waals surface area contributed by atoms with Gasteiger partial charge in [0.25, 0.3) is 0 Å². The molecule has 2 aliphatic heterocycles. The molecule has 0 bridgehead atoms. The van der Waals surface area contributed by atoms with Gasteiger partial charge in [0.15, 0.2) is 16.9 Å². The van der Waals surface area contributed by atoms with E-state index in [1.165, 1.54) is 4.90 Å². The second-order valence-corrected chi connectivity index (χ2v) is 10.6. The van der Waals surface area contributed by atoms with Crippen LogP contribution >= 0.6 is 11.8 Å². The molecule has 35 heavy (non-hydrogen) atoms. The smallest absolute Gasteiger partial charge is 0.419 e. The number of hydrogen-bond donors (Lipinski definition) is 1. The highest BCUT2D eigenvalue weighted by Crippen LogP contribution is 2.46. The number of aliphatic imine (C=N–C) groups is 1. The number of aliphatic hydroxyl groups is 1. The molecule has 196 valence electrons. The highest BCUT2D eigenvalue weighted by Gasteiger charge is 2.64. The summed E-state index contributed by atoms with van der Waals surface area (Å²) in [6, 6.07) is 7.29. The molecule has 0 saturated carbocycles. The molecule has 1 saturated heterocycles. The number of rotatable bonds is 5. The van der Waals surface area contributed by atoms with Gasteiger partial charge in [-0.1, -0.05) is 42.1 Å². The average molecular weight is 523 g/mol. The van der Waals surface area contributed by atoms with Gasteiger partial charge in [0.05, 0.1) is 6.61 Å². The van der Waals surface area contributed by atoms with Gasteiger partial charge in [-0.15, -0.1) is 0 Å². The molecule has 2 aliphatic rings. The van der Waals surface area contributed by atoms with Crippen LogP contribution in [-0.4, -0.2) is 75.0 Å². The van der Waals surface area contributed by atoms with E-state index in [1.54, 1.807) is 58.0 Å². The first-order chi connectivity index (χ1) is 16.2. The maximum atomic E-state index is 15.7. The molecule has 12 heteroatoms. The van der Waals surface area contributed by atoms with Crippen molar-refractivity contribution in [1.82, 2.24) is 4.90 Å². The topological polar surface area (TPSA) is 80.6 Å². The van der Waals surface area contributed by atoms with Gasteiger partial charge in [0.1, 0.15) is 29.3 Å². The Labute approximate surface area is 205 Å². The molecule has 6 atom stereocenters. The molecule has 3 rings (SSSR count). The number of halogens is 4. The van der Waals surface area contributed by atoms with E-state index >= 15 is 4.39 Å². The Morgan fingerprint density at radius 1 is 1.20 bits per heavy atom. The molecule has 1 fully saturated rings. The Morgan fingerprint density at radius 2 is 1.83 bits per heavy atom. The fraction of sp³-hybridized carbons (Fsp3) is 0.652. The Hall–Kier alpha value is -1.89. The lowest BCUT2D eigenvalue weighted by atomic mass is 9.87. The van der Waals surface area contributed by atoms with Crippen molar-refractivity contribution < 1.29 is 41.7 Å². The predicted octanol–water partition coefficient (Wildman–Crippen LogP) is 4.68. The van der Waals surface area contributed by atoms with Crippen LogP contribution in [0.3, 0.4) is 0 Å². The summed E-state index contributed by atoms with van der Waals surface area (Å²) >= 11 is 0.811. The van der Waals surface area contributed by atoms with Crippen LogP contribution in [0, 0.1) is 0 Å². The van der Waals surface area contributed by atoms with E-state index in [4.69, 9.17) is 14.2 Å². The van der Waals surface area contributed by atoms with Crippen molar-refractivity contribution in [2.45, 2.75) is 88.5 Å². The average Bonchev–Trinajstić information content (AvgIpc) is 3.16. The number of carbonyl (C=O) groups is 1. The van der Waals surface area contributed by atoms with Crippen LogP contribution in [0.1, 0.15) is 40.2 Å². The third kappa shape index (κ3) is 6.10. The fourth-order valence-electron chi connectivity index (χ4n) is 3.66. The molecule has 1 amide bonds. The number of benzene rings is 1. The molecule has 0 radical (unpaired) electrons. The summed E-state index contributed by atoms with van der Waals surface area (Å²) in [4.78, 5) is 18.0. The van der Waals surface area contributed by atoms with E-state index in [0.29, 0.717) is 12.5 Å². The zero-order chi connectivity index (χ0) is 26.2. The third-order valence-electron chi connectivity index (χ3n) is 5.55. The number of hydrogen-bond acceptors (Lipinski definition) is 7. The summed E-state index contributed by atoms with van der Waals surface area (Å²) < 4.78 is 73.5. The molecule has 1 N–H and O–H groups in total. The molecule has 1 aromatic carbocycles. The summed E-state index contributed by atoms with van der Waals surface area (Å²) in [6.45, 7) is 7.17. The Balaban J connectivity index is 1.88. The minimum absolute atomic E-state index is 0.0634. The highest BCUT2D eigenvalue weighted by atomic mass is 32.2. The van der Waals surface area contributed by atoms with Crippen molar-refractivity contribution in [3.63, 3.8) is 0 Å². The Morgan fingerprint density at radius 3 is 2.37 bits per heavy atom. The van der Waals surface area contributed by atoms with Crippen LogP contribution in [0.15, 0.2) is 35.3 Å². The maximum absolute atomic E-state index is 15.7. The molecular formula is C23H30F4N2O5S. The van der Waals surface area contributed by atoms with Gasteiger partial charge in [0, 0.05) is 6.54 Å². The number of amidine groups is 1. The van der Waals surface area contributed by atoms with E-state index in [0.717, 1.165) is 11.8 Å². The minimum atomic E-state index is -5.11. The van der Waals surface area contributed by atoms with Crippen LogP contribution in [-0.2, 0) is 20.8 Å². The summed E-state index contributed by atoms with van der Waals surface area (Å²) in [5, 5.41) is 10.5. The van der Waals surface area contributed by atoms with E-state index < -0.39 is 53.3 Å². The van der Waals surface area contributed by atoms with Crippen molar-refractivity contribution in [3.05, 3.63) is 35.9 Å². The summed E-state index contributed by atoms with van der Waals surface area (Å²) in [6.07, 6.45) is -11.7. The van der Waals surface area contributed by atoms with Gasteiger partial charge in [-0.2, -0.15) is 13.2 Å². The van der Waals surface area contributed by atoms with Crippen LogP contribution in [0.4, 0.5) is 22.4 Å². The van der Waals surface area contributed by atoms with Crippen LogP contribution in [0.2, 0.25) is 0 Å². The zero-order valence-electron chi connectivity index (χ0n) is 20.1. The van der Waals surface area contributed by atoms with Crippen LogP contribution in [0.25, 0.3) is 0 Å². The van der Waals surface area contributed by atoms with E-state index in [1.807, 2.05) is 0 Å². The van der Waals surface area contributed by atoms with E-state index in [-0.39, 0.29) is 18.3 Å². The first-order valence-corrected chi connectivity index (χ1v) is 12.0. The third-order valence-corrected chi connectivity index (χ3v) is 6.71. The van der Waals surface area contributed by atoms with Crippen LogP contribution < -0.4 is 0 Å². The van der Waals surface area contributed by atoms with Gasteiger partial charge in [-0.05, 0) is 40.2 Å². The summed E-state index contributed by atoms with van der Waals surface area (Å²) in [7, 11) is 0. The molecule has 2 heterocycles. The monoisotopic (exact) mass is 522 g/mol. The molecule has 0 unspecified atom stereocenters. The first kappa shape index (κ1) is 27.7. The lowest BCUT2D eigenvalue weighted by molar-refractivity contribution is -0.319. The molecule has 1 aromatic rings. The molecule has 7 nitrogen and oxygen atoms in total. The van der Waals surface area contributed by atoms with Gasteiger partial charge in [0.2, 0.25) is 0 Å². The quantitative estimate of drug-likeness (QED) is 0.566. The fourth-order valence-corrected chi connectivity index (χ4v) is 4.90. The van der Waals surface area contributed by atoms with Crippen LogP contribution in [0.5, 0.6) is 0 Å². The number of alkyl halides is 4. The number of fused-ring (bicyclic) bond motifs is 1. The normalized spacial score (nSPS) is 28.6. The lowest BCUT2D eigenvalue weighted by Crippen LogP contribution is -2.65. The number of amides is 1. The van der Waals surface area contributed by atoms with Gasteiger partial charge >= 0.3 is 12.3 Å². The second-order valence-electron chi connectivity index (χ2n) is 9.52. The highest BCUT2D eigenvalue weighted by molar-refractivity contribution is 8.14. The van der Waals surface area contributed by atoms with Crippen molar-refractivity contribution in [2.75, 3.05) is 6.54 Å². The number of ether oxygens (including phenoxy) is 3. The number of thioether (sulfide) groups is 1. The van der Waals surface area contributed by atoms with Gasteiger partial charge in [-0.3, -0.25) is 9.89 Å². The molecule has 0 spiro atoms. The molecule has 0 aliphatic carbocycles. The summed E-state index contributed by atoms with van der Waals surface area (Å²) in [5.41, 5.74) is -4.79. The van der Waals surface area contributed by atoms with E-state index in [2.05, 4.69) is 4.99 Å². The Bertz CT molecular complexity index is 923. The SMILES string of the molecule is CCN(C(=O)OC(C)(C)C)C1=N[C@@H]2[C@@H](F)[C@H](OCc3ccccc3)[C@@H]([C@](C)(O)C(F)(F)F)O[C@@H]2S1. The first-order valence-electron chi connectivity index (χ1n) is 11.1. The number of carbonyl (C=O) groups excluding carboxylic acids is 1. The largest absolute Gasteiger partial charge is 0.443 e. The van der Waals surface area contributed by atoms with E-state index in [9.17, 15) is 23.1 Å². The second kappa shape index (κ2) is 10.2. The maximum Gasteiger partial charge on any atom is 0.419 e. The minimum Gasteiger partial charge on any atom is -0.443 e. The van der Waals surface area contributed by atoms with Crippen molar-refractivity contribution >= 4 is 23.0 Å². The van der Waals surface area contributed by atoms with Crippen molar-refractivity contribution in [2.24, 2.45) is 4.99 Å². The van der Waals surface area contributed by atoms with Gasteiger partial charge < -0.3 is 19.3 Å². The zero-order valence-corrected chi connectivity index (χ0v) is 20.9. The Kier molecular flexibility index (Phi) is 8.10. The molecule has 0 aromatic heterocycles. The predicted molar refractivity (Wildman–Crippen MR) is 123 cm³/mol.